The number of nitrogens with one attached hydrogen (secondary N) is 1. The van der Waals surface area contributed by atoms with Gasteiger partial charge in [0.05, 0.1) is 18.2 Å². The fourth-order valence-corrected chi connectivity index (χ4v) is 6.95. The van der Waals surface area contributed by atoms with E-state index >= 15 is 0 Å². The number of likely N-dealkylation sites (tertiary alicyclic amines) is 1. The molecule has 7 heteroatoms. The Balaban J connectivity index is 1.09. The first-order chi connectivity index (χ1) is 19.5. The average Bonchev–Trinajstić information content (AvgIpc) is 2.98. The summed E-state index contributed by atoms with van der Waals surface area (Å²) in [6, 6.07) is 24.7. The number of carbonyl (C=O) groups excluding carboxylic acids is 2. The van der Waals surface area contributed by atoms with Crippen molar-refractivity contribution in [3.8, 4) is 0 Å². The highest BCUT2D eigenvalue weighted by molar-refractivity contribution is 8.01. The molecule has 3 aromatic carbocycles. The highest BCUT2D eigenvalue weighted by Crippen LogP contribution is 2.42. The molecule has 1 fully saturated rings. The molecule has 0 bridgehead atoms. The van der Waals surface area contributed by atoms with Gasteiger partial charge in [-0.1, -0.05) is 61.5 Å². The van der Waals surface area contributed by atoms with Crippen LogP contribution in [-0.2, 0) is 22.6 Å². The molecule has 2 heterocycles. The Bertz CT molecular complexity index is 1280. The molecule has 1 N–H and O–H groups in total. The molecule has 0 spiro atoms. The Morgan fingerprint density at radius 3 is 2.42 bits per heavy atom. The molecule has 0 aromatic heterocycles. The fourth-order valence-electron chi connectivity index (χ4n) is 5.67. The number of hydrogen-bond donors (Lipinski definition) is 1. The molecule has 40 heavy (non-hydrogen) atoms. The van der Waals surface area contributed by atoms with Crippen molar-refractivity contribution in [2.45, 2.75) is 49.3 Å². The minimum absolute atomic E-state index is 0.0888. The van der Waals surface area contributed by atoms with Gasteiger partial charge in [0.2, 0.25) is 11.8 Å². The number of thioether (sulfide) groups is 1. The number of fused-ring (bicyclic) bond motifs is 1. The summed E-state index contributed by atoms with van der Waals surface area (Å²) < 4.78 is 13.4. The van der Waals surface area contributed by atoms with E-state index in [-0.39, 0.29) is 17.6 Å². The fraction of sp³-hybridized carbons (Fsp3) is 0.394. The smallest absolute Gasteiger partial charge is 0.241 e. The van der Waals surface area contributed by atoms with Crippen molar-refractivity contribution in [2.75, 3.05) is 31.1 Å². The first-order valence-electron chi connectivity index (χ1n) is 14.3. The molecule has 2 amide bonds. The highest BCUT2D eigenvalue weighted by atomic mass is 32.2. The zero-order valence-electron chi connectivity index (χ0n) is 23.1. The van der Waals surface area contributed by atoms with Gasteiger partial charge in [0, 0.05) is 11.4 Å². The lowest BCUT2D eigenvalue weighted by atomic mass is 9.90. The van der Waals surface area contributed by atoms with Crippen molar-refractivity contribution in [1.29, 1.82) is 0 Å². The van der Waals surface area contributed by atoms with Crippen LogP contribution in [0.5, 0.6) is 0 Å². The maximum atomic E-state index is 13.6. The topological polar surface area (TPSA) is 52.7 Å². The molecule has 210 valence electrons. The molecule has 0 unspecified atom stereocenters. The van der Waals surface area contributed by atoms with Gasteiger partial charge in [-0.25, -0.2) is 4.39 Å². The summed E-state index contributed by atoms with van der Waals surface area (Å²) in [5.41, 5.74) is 3.10. The predicted molar refractivity (Wildman–Crippen MR) is 160 cm³/mol. The first kappa shape index (κ1) is 28.4. The summed E-state index contributed by atoms with van der Waals surface area (Å²) in [6.45, 7) is 5.98. The summed E-state index contributed by atoms with van der Waals surface area (Å²) in [4.78, 5) is 32.0. The zero-order valence-corrected chi connectivity index (χ0v) is 23.9. The van der Waals surface area contributed by atoms with Crippen LogP contribution in [0.2, 0.25) is 0 Å². The maximum Gasteiger partial charge on any atom is 0.241 e. The van der Waals surface area contributed by atoms with Gasteiger partial charge in [-0.3, -0.25) is 9.59 Å². The Hall–Kier alpha value is -3.16. The van der Waals surface area contributed by atoms with Crippen LogP contribution in [0.1, 0.15) is 37.3 Å². The van der Waals surface area contributed by atoms with Crippen LogP contribution >= 0.6 is 11.8 Å². The van der Waals surface area contributed by atoms with Gasteiger partial charge in [-0.15, -0.1) is 11.8 Å². The van der Waals surface area contributed by atoms with E-state index in [0.717, 1.165) is 54.5 Å². The normalized spacial score (nSPS) is 18.8. The number of rotatable bonds is 10. The van der Waals surface area contributed by atoms with Crippen LogP contribution in [0.4, 0.5) is 10.1 Å². The van der Waals surface area contributed by atoms with Crippen molar-refractivity contribution in [3.63, 3.8) is 0 Å². The number of piperidine rings is 1. The van der Waals surface area contributed by atoms with E-state index < -0.39 is 11.2 Å². The lowest BCUT2D eigenvalue weighted by molar-refractivity contribution is -0.128. The Morgan fingerprint density at radius 2 is 1.68 bits per heavy atom. The van der Waals surface area contributed by atoms with Gasteiger partial charge < -0.3 is 15.1 Å². The number of halogens is 1. The van der Waals surface area contributed by atoms with Crippen molar-refractivity contribution in [1.82, 2.24) is 10.2 Å². The quantitative estimate of drug-likeness (QED) is 0.313. The second-order valence-electron chi connectivity index (χ2n) is 11.0. The van der Waals surface area contributed by atoms with E-state index in [1.54, 1.807) is 17.0 Å². The SMILES string of the molecule is C[C@@H](C(=O)NCCCN1CCC(Cc2ccccc2)CC1)[C@@H]1Sc2ccccc2N(Cc2ccc(F)cc2)C1=O. The van der Waals surface area contributed by atoms with E-state index in [4.69, 9.17) is 0 Å². The third-order valence-electron chi connectivity index (χ3n) is 8.07. The maximum absolute atomic E-state index is 13.6. The molecule has 0 radical (unpaired) electrons. The lowest BCUT2D eigenvalue weighted by Gasteiger charge is -2.36. The van der Waals surface area contributed by atoms with Crippen LogP contribution in [0, 0.1) is 17.7 Å². The molecular formula is C33H38FN3O2S. The molecule has 2 aliphatic heterocycles. The third kappa shape index (κ3) is 7.12. The van der Waals surface area contributed by atoms with Gasteiger partial charge in [0.25, 0.3) is 0 Å². The minimum atomic E-state index is -0.515. The van der Waals surface area contributed by atoms with E-state index in [0.29, 0.717) is 13.1 Å². The number of carbonyl (C=O) groups is 2. The summed E-state index contributed by atoms with van der Waals surface area (Å²) in [6.07, 6.45) is 4.49. The van der Waals surface area contributed by atoms with Crippen molar-refractivity contribution < 1.29 is 14.0 Å². The monoisotopic (exact) mass is 559 g/mol. The molecule has 2 aliphatic rings. The molecule has 5 rings (SSSR count). The Labute approximate surface area is 241 Å². The van der Waals surface area contributed by atoms with Gasteiger partial charge in [-0.2, -0.15) is 0 Å². The number of hydrogen-bond acceptors (Lipinski definition) is 4. The summed E-state index contributed by atoms with van der Waals surface area (Å²) >= 11 is 1.46. The number of para-hydroxylation sites is 1. The summed E-state index contributed by atoms with van der Waals surface area (Å²) in [5.74, 6) is -0.212. The van der Waals surface area contributed by atoms with Crippen LogP contribution in [-0.4, -0.2) is 48.1 Å². The lowest BCUT2D eigenvalue weighted by Crippen LogP contribution is -2.47. The van der Waals surface area contributed by atoms with Gasteiger partial charge in [-0.05, 0) is 86.6 Å². The van der Waals surface area contributed by atoms with Crippen LogP contribution < -0.4 is 10.2 Å². The van der Waals surface area contributed by atoms with E-state index in [1.807, 2.05) is 31.2 Å². The molecule has 3 aromatic rings. The molecule has 2 atom stereocenters. The second-order valence-corrected chi connectivity index (χ2v) is 12.1. The van der Waals surface area contributed by atoms with Crippen LogP contribution in [0.25, 0.3) is 0 Å². The van der Waals surface area contributed by atoms with Crippen molar-refractivity contribution in [3.05, 3.63) is 95.8 Å². The summed E-state index contributed by atoms with van der Waals surface area (Å²) in [5, 5.41) is 2.57. The predicted octanol–water partition coefficient (Wildman–Crippen LogP) is 5.93. The second kappa shape index (κ2) is 13.5. The van der Waals surface area contributed by atoms with E-state index in [9.17, 15) is 14.0 Å². The first-order valence-corrected chi connectivity index (χ1v) is 15.2. The van der Waals surface area contributed by atoms with Crippen LogP contribution in [0.3, 0.4) is 0 Å². The van der Waals surface area contributed by atoms with Crippen molar-refractivity contribution in [2.24, 2.45) is 11.8 Å². The molecule has 0 aliphatic carbocycles. The number of benzene rings is 3. The number of amides is 2. The Morgan fingerprint density at radius 1 is 0.975 bits per heavy atom. The van der Waals surface area contributed by atoms with Crippen molar-refractivity contribution >= 4 is 29.3 Å². The number of nitrogens with zero attached hydrogens (tertiary/aromatic N) is 2. The van der Waals surface area contributed by atoms with E-state index in [1.165, 1.54) is 42.3 Å². The minimum Gasteiger partial charge on any atom is -0.356 e. The average molecular weight is 560 g/mol. The van der Waals surface area contributed by atoms with Crippen LogP contribution in [0.15, 0.2) is 83.8 Å². The molecule has 5 nitrogen and oxygen atoms in total. The highest BCUT2D eigenvalue weighted by Gasteiger charge is 2.39. The largest absolute Gasteiger partial charge is 0.356 e. The zero-order chi connectivity index (χ0) is 27.9. The summed E-state index contributed by atoms with van der Waals surface area (Å²) in [7, 11) is 0. The standard InChI is InChI=1S/C33H38FN3O2S/c1-24(32(38)35-18-7-19-36-20-16-26(17-21-36)22-25-8-3-2-4-9-25)31-33(39)37(23-27-12-14-28(34)15-13-27)29-10-5-6-11-30(29)40-31/h2-6,8-15,24,26,31H,7,16-23H2,1H3,(H,35,38)/t24-,31+/m1/s1. The molecule has 1 saturated heterocycles. The Kier molecular flexibility index (Phi) is 9.55. The molecule has 0 saturated carbocycles. The van der Waals surface area contributed by atoms with Gasteiger partial charge in [0.15, 0.2) is 0 Å². The molecular weight excluding hydrogens is 521 g/mol. The van der Waals surface area contributed by atoms with Gasteiger partial charge in [0.1, 0.15) is 11.1 Å². The van der Waals surface area contributed by atoms with Gasteiger partial charge >= 0.3 is 0 Å². The number of anilines is 1. The third-order valence-corrected chi connectivity index (χ3v) is 9.53. The van der Waals surface area contributed by atoms with E-state index in [2.05, 4.69) is 40.5 Å².